The van der Waals surface area contributed by atoms with E-state index in [1.54, 1.807) is 0 Å². The van der Waals surface area contributed by atoms with Gasteiger partial charge in [-0.2, -0.15) is 0 Å². The molecule has 0 aliphatic carbocycles. The topological polar surface area (TPSA) is 237 Å². The molecule has 0 aliphatic rings. The van der Waals surface area contributed by atoms with Crippen molar-refractivity contribution in [2.45, 2.75) is 477 Å². The zero-order valence-electron chi connectivity index (χ0n) is 69.0. The van der Waals surface area contributed by atoms with E-state index in [1.165, 1.54) is 276 Å². The van der Waals surface area contributed by atoms with Crippen LogP contribution < -0.4 is 0 Å². The number of rotatable bonds is 85. The summed E-state index contributed by atoms with van der Waals surface area (Å²) in [5, 5.41) is 10.7. The molecular formula is C86H168O17P2. The van der Waals surface area contributed by atoms with Crippen molar-refractivity contribution in [3.63, 3.8) is 0 Å². The first-order valence-electron chi connectivity index (χ1n) is 44.5. The molecule has 0 saturated carbocycles. The Bertz CT molecular complexity index is 2010. The molecule has 0 amide bonds. The van der Waals surface area contributed by atoms with Gasteiger partial charge in [-0.15, -0.1) is 0 Å². The van der Waals surface area contributed by atoms with Gasteiger partial charge in [0.2, 0.25) is 0 Å². The van der Waals surface area contributed by atoms with E-state index >= 15 is 0 Å². The molecule has 0 aliphatic heterocycles. The fourth-order valence-corrected chi connectivity index (χ4v) is 15.0. The number of esters is 4. The van der Waals surface area contributed by atoms with Crippen LogP contribution in [0.2, 0.25) is 0 Å². The van der Waals surface area contributed by atoms with Gasteiger partial charge < -0.3 is 33.8 Å². The Kier molecular flexibility index (Phi) is 76.0. The lowest BCUT2D eigenvalue weighted by molar-refractivity contribution is -0.161. The second-order valence-electron chi connectivity index (χ2n) is 31.9. The standard InChI is InChI=1S/C86H168O17P2/c1-7-9-11-13-15-17-19-21-23-24-28-32-35-39-43-50-56-62-68-83(88)96-74-81(102-85(90)71-65-59-53-45-41-37-33-29-26-25-27-31-34-38-42-48-54-60-66-78(3)4)76-100-104(92,93)98-72-80(87)73-99-105(94,95)101-77-82(75-97-84(89)69-63-57-51-47-46-49-55-61-67-79(5)6)103-86(91)70-64-58-52-44-40-36-30-22-20-18-16-14-12-10-8-2/h78-82,87H,7-77H2,1-6H3,(H,92,93)(H,94,95)/t80-,81-,82-/m1/s1. The molecule has 2 unspecified atom stereocenters. The summed E-state index contributed by atoms with van der Waals surface area (Å²) >= 11 is 0. The Morgan fingerprint density at radius 2 is 0.438 bits per heavy atom. The summed E-state index contributed by atoms with van der Waals surface area (Å²) in [5.41, 5.74) is 0. The number of phosphoric acid groups is 2. The van der Waals surface area contributed by atoms with Crippen molar-refractivity contribution in [2.75, 3.05) is 39.6 Å². The SMILES string of the molecule is CCCCCCCCCCCCCCCCCCCCC(=O)OC[C@H](COP(=O)(O)OC[C@@H](O)COP(=O)(O)OC[C@@H](COC(=O)CCCCCCCCCCC(C)C)OC(=O)CCCCCCCCCCCCCCCCC)OC(=O)CCCCCCCCCCCCCCCCCCCCC(C)C. The van der Waals surface area contributed by atoms with Gasteiger partial charge in [-0.3, -0.25) is 37.3 Å². The highest BCUT2D eigenvalue weighted by molar-refractivity contribution is 7.47. The molecule has 17 nitrogen and oxygen atoms in total. The van der Waals surface area contributed by atoms with Crippen LogP contribution in [0.25, 0.3) is 0 Å². The molecule has 0 aromatic heterocycles. The summed E-state index contributed by atoms with van der Waals surface area (Å²) in [6.07, 6.45) is 69.5. The van der Waals surface area contributed by atoms with Gasteiger partial charge in [0.05, 0.1) is 26.4 Å². The molecule has 624 valence electrons. The van der Waals surface area contributed by atoms with Gasteiger partial charge in [-0.05, 0) is 37.5 Å². The van der Waals surface area contributed by atoms with Crippen LogP contribution >= 0.6 is 15.6 Å². The molecule has 0 aromatic rings. The van der Waals surface area contributed by atoms with Crippen LogP contribution in [0, 0.1) is 11.8 Å². The lowest BCUT2D eigenvalue weighted by Gasteiger charge is -2.21. The first-order valence-corrected chi connectivity index (χ1v) is 47.5. The molecule has 0 spiro atoms. The summed E-state index contributed by atoms with van der Waals surface area (Å²) < 4.78 is 68.9. The molecular weight excluding hydrogens is 1370 g/mol. The van der Waals surface area contributed by atoms with Crippen LogP contribution in [-0.2, 0) is 65.4 Å². The molecule has 0 heterocycles. The van der Waals surface area contributed by atoms with Gasteiger partial charge in [0.15, 0.2) is 12.2 Å². The zero-order valence-corrected chi connectivity index (χ0v) is 70.8. The molecule has 105 heavy (non-hydrogen) atoms. The van der Waals surface area contributed by atoms with Gasteiger partial charge in [0.25, 0.3) is 0 Å². The molecule has 3 N–H and O–H groups in total. The van der Waals surface area contributed by atoms with Crippen molar-refractivity contribution >= 4 is 39.5 Å². The van der Waals surface area contributed by atoms with Gasteiger partial charge in [0, 0.05) is 25.7 Å². The van der Waals surface area contributed by atoms with E-state index in [0.717, 1.165) is 102 Å². The molecule has 0 aromatic carbocycles. The van der Waals surface area contributed by atoms with Crippen LogP contribution in [0.5, 0.6) is 0 Å². The average molecular weight is 1540 g/mol. The minimum atomic E-state index is -4.97. The second kappa shape index (κ2) is 77.4. The van der Waals surface area contributed by atoms with Crippen LogP contribution in [0.1, 0.15) is 459 Å². The van der Waals surface area contributed by atoms with Crippen molar-refractivity contribution in [3.8, 4) is 0 Å². The van der Waals surface area contributed by atoms with Crippen molar-refractivity contribution in [1.29, 1.82) is 0 Å². The fraction of sp³-hybridized carbons (Fsp3) is 0.953. The third-order valence-electron chi connectivity index (χ3n) is 20.2. The van der Waals surface area contributed by atoms with Crippen LogP contribution in [-0.4, -0.2) is 96.7 Å². The monoisotopic (exact) mass is 1540 g/mol. The molecule has 0 fully saturated rings. The largest absolute Gasteiger partial charge is 0.472 e. The number of carbonyl (C=O) groups is 4. The minimum Gasteiger partial charge on any atom is -0.462 e. The van der Waals surface area contributed by atoms with E-state index in [2.05, 4.69) is 41.5 Å². The Labute approximate surface area is 645 Å². The third-order valence-corrected chi connectivity index (χ3v) is 22.1. The smallest absolute Gasteiger partial charge is 0.462 e. The Morgan fingerprint density at radius 3 is 0.648 bits per heavy atom. The molecule has 5 atom stereocenters. The highest BCUT2D eigenvalue weighted by Crippen LogP contribution is 2.45. The molecule has 0 rings (SSSR count). The molecule has 0 radical (unpaired) electrons. The maximum absolute atomic E-state index is 13.1. The van der Waals surface area contributed by atoms with Crippen molar-refractivity contribution in [1.82, 2.24) is 0 Å². The maximum Gasteiger partial charge on any atom is 0.472 e. The first kappa shape index (κ1) is 103. The Balaban J connectivity index is 5.24. The number of ether oxygens (including phenoxy) is 4. The number of hydrogen-bond donors (Lipinski definition) is 3. The lowest BCUT2D eigenvalue weighted by atomic mass is 10.0. The highest BCUT2D eigenvalue weighted by Gasteiger charge is 2.30. The molecule has 0 saturated heterocycles. The number of phosphoric ester groups is 2. The fourth-order valence-electron chi connectivity index (χ4n) is 13.4. The predicted octanol–water partition coefficient (Wildman–Crippen LogP) is 26.2. The Hall–Kier alpha value is -1.94. The summed E-state index contributed by atoms with van der Waals surface area (Å²) in [6.45, 7) is 9.68. The number of aliphatic hydroxyl groups excluding tert-OH is 1. The van der Waals surface area contributed by atoms with E-state index in [1.807, 2.05) is 0 Å². The second-order valence-corrected chi connectivity index (χ2v) is 34.8. The third kappa shape index (κ3) is 79.9. The van der Waals surface area contributed by atoms with E-state index in [9.17, 15) is 43.2 Å². The van der Waals surface area contributed by atoms with Gasteiger partial charge in [0.1, 0.15) is 19.3 Å². The highest BCUT2D eigenvalue weighted by atomic mass is 31.2. The quantitative estimate of drug-likeness (QED) is 0.0222. The Morgan fingerprint density at radius 1 is 0.257 bits per heavy atom. The van der Waals surface area contributed by atoms with Crippen LogP contribution in [0.4, 0.5) is 0 Å². The van der Waals surface area contributed by atoms with Crippen molar-refractivity contribution in [3.05, 3.63) is 0 Å². The van der Waals surface area contributed by atoms with Gasteiger partial charge >= 0.3 is 39.5 Å². The van der Waals surface area contributed by atoms with E-state index < -0.39 is 97.5 Å². The summed E-state index contributed by atoms with van der Waals surface area (Å²) in [7, 11) is -9.93. The van der Waals surface area contributed by atoms with E-state index in [-0.39, 0.29) is 25.7 Å². The van der Waals surface area contributed by atoms with Crippen LogP contribution in [0.3, 0.4) is 0 Å². The lowest BCUT2D eigenvalue weighted by Crippen LogP contribution is -2.30. The maximum atomic E-state index is 13.1. The van der Waals surface area contributed by atoms with Gasteiger partial charge in [-0.1, -0.05) is 408 Å². The average Bonchev–Trinajstić information content (AvgIpc) is 0.905. The molecule has 0 bridgehead atoms. The number of hydrogen-bond acceptors (Lipinski definition) is 15. The molecule has 19 heteroatoms. The van der Waals surface area contributed by atoms with Crippen molar-refractivity contribution in [2.24, 2.45) is 11.8 Å². The summed E-state index contributed by atoms with van der Waals surface area (Å²) in [6, 6.07) is 0. The zero-order chi connectivity index (χ0) is 77.1. The summed E-state index contributed by atoms with van der Waals surface area (Å²) in [4.78, 5) is 73.2. The minimum absolute atomic E-state index is 0.108. The predicted molar refractivity (Wildman–Crippen MR) is 432 cm³/mol. The van der Waals surface area contributed by atoms with Crippen molar-refractivity contribution < 1.29 is 80.2 Å². The summed E-state index contributed by atoms with van der Waals surface area (Å²) in [5.74, 6) is -0.555. The van der Waals surface area contributed by atoms with Gasteiger partial charge in [-0.25, -0.2) is 9.13 Å². The number of aliphatic hydroxyl groups is 1. The number of unbranched alkanes of at least 4 members (excludes halogenated alkanes) is 55. The number of carbonyl (C=O) groups excluding carboxylic acids is 4. The van der Waals surface area contributed by atoms with E-state index in [4.69, 9.17) is 37.0 Å². The first-order chi connectivity index (χ1) is 50.9. The normalized spacial score (nSPS) is 13.8. The van der Waals surface area contributed by atoms with Crippen LogP contribution in [0.15, 0.2) is 0 Å². The van der Waals surface area contributed by atoms with E-state index in [0.29, 0.717) is 25.7 Å².